The van der Waals surface area contributed by atoms with E-state index in [2.05, 4.69) is 4.98 Å². The maximum atomic E-state index is 13.0. The fraction of sp³-hybridized carbons (Fsp3) is 0.136. The minimum absolute atomic E-state index is 0.135. The van der Waals surface area contributed by atoms with Crippen LogP contribution in [-0.2, 0) is 6.61 Å². The van der Waals surface area contributed by atoms with Crippen LogP contribution in [0.25, 0.3) is 4.96 Å². The van der Waals surface area contributed by atoms with Gasteiger partial charge >= 0.3 is 0 Å². The smallest absolute Gasteiger partial charge is 0.265 e. The molecule has 0 aliphatic rings. The van der Waals surface area contributed by atoms with E-state index >= 15 is 0 Å². The van der Waals surface area contributed by atoms with Crippen LogP contribution >= 0.6 is 11.3 Å². The van der Waals surface area contributed by atoms with Crippen LogP contribution in [0.15, 0.2) is 58.7 Å². The predicted molar refractivity (Wildman–Crippen MR) is 109 cm³/mol. The summed E-state index contributed by atoms with van der Waals surface area (Å²) in [7, 11) is 0. The minimum Gasteiger partial charge on any atom is -0.472 e. The number of hydrogen-bond acceptors (Lipinski definition) is 5. The molecular formula is C22H17FN2O3S. The summed E-state index contributed by atoms with van der Waals surface area (Å²) in [6, 6.07) is 12.4. The van der Waals surface area contributed by atoms with Gasteiger partial charge in [-0.2, -0.15) is 4.98 Å². The largest absolute Gasteiger partial charge is 0.472 e. The number of aromatic nitrogens is 2. The van der Waals surface area contributed by atoms with E-state index in [1.807, 2.05) is 12.3 Å². The molecule has 2 heterocycles. The summed E-state index contributed by atoms with van der Waals surface area (Å²) in [5.41, 5.74) is 2.93. The number of carbonyl (C=O) groups excluding carboxylic acids is 1. The molecule has 0 N–H and O–H groups in total. The van der Waals surface area contributed by atoms with Gasteiger partial charge in [0.25, 0.3) is 5.56 Å². The number of halogens is 1. The number of aryl methyl sites for hydroxylation is 1. The first kappa shape index (κ1) is 19.0. The van der Waals surface area contributed by atoms with Crippen LogP contribution in [0.5, 0.6) is 5.88 Å². The van der Waals surface area contributed by atoms with Crippen molar-refractivity contribution < 1.29 is 13.9 Å². The van der Waals surface area contributed by atoms with Gasteiger partial charge in [-0.1, -0.05) is 24.3 Å². The van der Waals surface area contributed by atoms with Gasteiger partial charge in [0.2, 0.25) is 5.88 Å². The van der Waals surface area contributed by atoms with Gasteiger partial charge in [-0.15, -0.1) is 11.3 Å². The Morgan fingerprint density at radius 2 is 1.69 bits per heavy atom. The zero-order valence-corrected chi connectivity index (χ0v) is 16.6. The van der Waals surface area contributed by atoms with Crippen molar-refractivity contribution in [3.05, 3.63) is 98.0 Å². The predicted octanol–water partition coefficient (Wildman–Crippen LogP) is 4.32. The number of rotatable bonds is 5. The number of carbonyl (C=O) groups is 1. The van der Waals surface area contributed by atoms with Crippen LogP contribution in [0.4, 0.5) is 4.39 Å². The van der Waals surface area contributed by atoms with Gasteiger partial charge in [-0.3, -0.25) is 14.0 Å². The first-order valence-corrected chi connectivity index (χ1v) is 9.81. The summed E-state index contributed by atoms with van der Waals surface area (Å²) in [6.45, 7) is 3.78. The lowest BCUT2D eigenvalue weighted by atomic mass is 10.0. The Hall–Kier alpha value is -3.32. The van der Waals surface area contributed by atoms with Crippen LogP contribution in [0.1, 0.15) is 32.7 Å². The Morgan fingerprint density at radius 3 is 2.34 bits per heavy atom. The van der Waals surface area contributed by atoms with Crippen molar-refractivity contribution in [3.8, 4) is 5.88 Å². The van der Waals surface area contributed by atoms with E-state index in [0.29, 0.717) is 27.5 Å². The Balaban J connectivity index is 1.50. The molecule has 2 aromatic carbocycles. The molecule has 0 unspecified atom stereocenters. The van der Waals surface area contributed by atoms with Crippen LogP contribution in [0.3, 0.4) is 0 Å². The number of benzene rings is 2. The quantitative estimate of drug-likeness (QED) is 0.462. The average Bonchev–Trinajstić information content (AvgIpc) is 3.10. The van der Waals surface area contributed by atoms with E-state index in [-0.39, 0.29) is 23.8 Å². The third-order valence-corrected chi connectivity index (χ3v) is 5.56. The molecule has 5 nitrogen and oxygen atoms in total. The monoisotopic (exact) mass is 408 g/mol. The van der Waals surface area contributed by atoms with Crippen LogP contribution in [0.2, 0.25) is 0 Å². The van der Waals surface area contributed by atoms with Crippen molar-refractivity contribution in [3.63, 3.8) is 0 Å². The summed E-state index contributed by atoms with van der Waals surface area (Å²) in [6.07, 6.45) is 0. The normalized spacial score (nSPS) is 11.0. The van der Waals surface area contributed by atoms with Gasteiger partial charge in [0.15, 0.2) is 10.7 Å². The second-order valence-corrected chi connectivity index (χ2v) is 7.50. The third-order valence-electron chi connectivity index (χ3n) is 4.62. The van der Waals surface area contributed by atoms with Crippen molar-refractivity contribution >= 4 is 22.1 Å². The van der Waals surface area contributed by atoms with Crippen LogP contribution in [-0.4, -0.2) is 15.2 Å². The van der Waals surface area contributed by atoms with Crippen molar-refractivity contribution in [1.82, 2.24) is 9.38 Å². The summed E-state index contributed by atoms with van der Waals surface area (Å²) in [5, 5.41) is 1.88. The SMILES string of the molecule is Cc1c(OCc2ccc(C(=O)c3ccc(F)cc3)cc2)nc2scc(C)n2c1=O. The second-order valence-electron chi connectivity index (χ2n) is 6.66. The maximum absolute atomic E-state index is 13.0. The molecule has 2 aromatic heterocycles. The zero-order chi connectivity index (χ0) is 20.5. The van der Waals surface area contributed by atoms with Crippen molar-refractivity contribution in [2.24, 2.45) is 0 Å². The Bertz CT molecular complexity index is 1260. The lowest BCUT2D eigenvalue weighted by molar-refractivity contribution is 0.103. The van der Waals surface area contributed by atoms with Crippen molar-refractivity contribution in [2.45, 2.75) is 20.5 Å². The van der Waals surface area contributed by atoms with Gasteiger partial charge in [-0.25, -0.2) is 4.39 Å². The Kier molecular flexibility index (Phi) is 4.98. The van der Waals surface area contributed by atoms with E-state index in [0.717, 1.165) is 11.3 Å². The highest BCUT2D eigenvalue weighted by Crippen LogP contribution is 2.19. The summed E-state index contributed by atoms with van der Waals surface area (Å²) in [5.74, 6) is -0.252. The standard InChI is InChI=1S/C22H17FN2O3S/c1-13-12-29-22-24-20(14(2)21(27)25(13)22)28-11-15-3-5-16(6-4-15)19(26)17-7-9-18(23)10-8-17/h3-10,12H,11H2,1-2H3. The Labute approximate surface area is 170 Å². The van der Waals surface area contributed by atoms with Crippen LogP contribution in [0, 0.1) is 19.7 Å². The molecule has 146 valence electrons. The lowest BCUT2D eigenvalue weighted by Crippen LogP contribution is -2.19. The Morgan fingerprint density at radius 1 is 1.07 bits per heavy atom. The molecule has 0 amide bonds. The van der Waals surface area contributed by atoms with E-state index in [4.69, 9.17) is 4.74 Å². The number of fused-ring (bicyclic) bond motifs is 1. The van der Waals surface area contributed by atoms with Crippen molar-refractivity contribution in [1.29, 1.82) is 0 Å². The molecule has 0 radical (unpaired) electrons. The number of nitrogens with zero attached hydrogens (tertiary/aromatic N) is 2. The number of ketones is 1. The minimum atomic E-state index is -0.381. The molecular weight excluding hydrogens is 391 g/mol. The molecule has 0 fully saturated rings. The number of ether oxygens (including phenoxy) is 1. The summed E-state index contributed by atoms with van der Waals surface area (Å²) >= 11 is 1.39. The fourth-order valence-corrected chi connectivity index (χ4v) is 3.81. The van der Waals surface area contributed by atoms with Gasteiger partial charge in [0, 0.05) is 22.2 Å². The van der Waals surface area contributed by atoms with Gasteiger partial charge in [-0.05, 0) is 43.7 Å². The highest BCUT2D eigenvalue weighted by Gasteiger charge is 2.13. The van der Waals surface area contributed by atoms with Crippen molar-refractivity contribution in [2.75, 3.05) is 0 Å². The van der Waals surface area contributed by atoms with Gasteiger partial charge in [0.1, 0.15) is 12.4 Å². The second kappa shape index (κ2) is 7.60. The highest BCUT2D eigenvalue weighted by atomic mass is 32.1. The molecule has 0 saturated carbocycles. The molecule has 7 heteroatoms. The average molecular weight is 408 g/mol. The van der Waals surface area contributed by atoms with Gasteiger partial charge < -0.3 is 4.74 Å². The first-order chi connectivity index (χ1) is 13.9. The highest BCUT2D eigenvalue weighted by molar-refractivity contribution is 7.15. The molecule has 4 rings (SSSR count). The van der Waals surface area contributed by atoms with E-state index in [1.54, 1.807) is 35.6 Å². The molecule has 0 atom stereocenters. The summed E-state index contributed by atoms with van der Waals surface area (Å²) in [4.78, 5) is 30.0. The van der Waals surface area contributed by atoms with Crippen LogP contribution < -0.4 is 10.3 Å². The molecule has 4 aromatic rings. The van der Waals surface area contributed by atoms with E-state index in [1.165, 1.54) is 35.6 Å². The third kappa shape index (κ3) is 3.69. The number of hydrogen-bond donors (Lipinski definition) is 0. The fourth-order valence-electron chi connectivity index (χ4n) is 2.96. The molecule has 0 aliphatic heterocycles. The van der Waals surface area contributed by atoms with E-state index in [9.17, 15) is 14.0 Å². The topological polar surface area (TPSA) is 60.7 Å². The molecule has 29 heavy (non-hydrogen) atoms. The molecule has 0 saturated heterocycles. The molecule has 0 spiro atoms. The number of thiazole rings is 1. The maximum Gasteiger partial charge on any atom is 0.265 e. The van der Waals surface area contributed by atoms with E-state index < -0.39 is 0 Å². The zero-order valence-electron chi connectivity index (χ0n) is 15.8. The van der Waals surface area contributed by atoms with Gasteiger partial charge in [0.05, 0.1) is 5.56 Å². The summed E-state index contributed by atoms with van der Waals surface area (Å²) < 4.78 is 20.4. The first-order valence-electron chi connectivity index (χ1n) is 8.93. The molecule has 0 bridgehead atoms. The molecule has 0 aliphatic carbocycles. The lowest BCUT2D eigenvalue weighted by Gasteiger charge is -2.09.